The maximum Gasteiger partial charge on any atom is 0.261 e. The van der Waals surface area contributed by atoms with Crippen LogP contribution in [0.2, 0.25) is 0 Å². The molecule has 0 saturated heterocycles. The second-order valence-electron chi connectivity index (χ2n) is 4.40. The van der Waals surface area contributed by atoms with Crippen molar-refractivity contribution in [2.24, 2.45) is 0 Å². The minimum absolute atomic E-state index is 0.0902. The standard InChI is InChI=1S/C15H16N2O3S/c1-2-15(18)16-12-8-10-13(11-9-12)17-21(19,20)14-6-4-3-5-7-14/h3-11,17H,2H2,1H3,(H,16,18). The van der Waals surface area contributed by atoms with E-state index in [4.69, 9.17) is 0 Å². The molecule has 2 rings (SSSR count). The molecule has 0 aliphatic carbocycles. The molecule has 2 aromatic rings. The Balaban J connectivity index is 2.12. The van der Waals surface area contributed by atoms with E-state index in [1.54, 1.807) is 49.4 Å². The molecule has 0 aliphatic rings. The van der Waals surface area contributed by atoms with Crippen molar-refractivity contribution in [1.82, 2.24) is 0 Å². The average molecular weight is 304 g/mol. The normalized spacial score (nSPS) is 10.9. The number of sulfonamides is 1. The minimum Gasteiger partial charge on any atom is -0.326 e. The van der Waals surface area contributed by atoms with Crippen LogP contribution in [0.25, 0.3) is 0 Å². The summed E-state index contributed by atoms with van der Waals surface area (Å²) in [6.07, 6.45) is 0.391. The van der Waals surface area contributed by atoms with E-state index in [0.29, 0.717) is 17.8 Å². The summed E-state index contributed by atoms with van der Waals surface area (Å²) in [6, 6.07) is 14.6. The number of carbonyl (C=O) groups excluding carboxylic acids is 1. The number of carbonyl (C=O) groups is 1. The van der Waals surface area contributed by atoms with Crippen LogP contribution in [0, 0.1) is 0 Å². The predicted molar refractivity (Wildman–Crippen MR) is 82.6 cm³/mol. The van der Waals surface area contributed by atoms with E-state index in [1.165, 1.54) is 12.1 Å². The van der Waals surface area contributed by atoms with Crippen LogP contribution in [0.5, 0.6) is 0 Å². The lowest BCUT2D eigenvalue weighted by atomic mass is 10.3. The largest absolute Gasteiger partial charge is 0.326 e. The zero-order valence-corrected chi connectivity index (χ0v) is 12.4. The van der Waals surface area contributed by atoms with Crippen LogP contribution in [0.4, 0.5) is 11.4 Å². The topological polar surface area (TPSA) is 75.3 Å². The van der Waals surface area contributed by atoms with E-state index in [2.05, 4.69) is 10.0 Å². The van der Waals surface area contributed by atoms with E-state index in [-0.39, 0.29) is 10.8 Å². The van der Waals surface area contributed by atoms with Gasteiger partial charge >= 0.3 is 0 Å². The van der Waals surface area contributed by atoms with Gasteiger partial charge in [0.25, 0.3) is 10.0 Å². The fraction of sp³-hybridized carbons (Fsp3) is 0.133. The molecule has 2 aromatic carbocycles. The highest BCUT2D eigenvalue weighted by atomic mass is 32.2. The Labute approximate surface area is 124 Å². The lowest BCUT2D eigenvalue weighted by Gasteiger charge is -2.09. The molecule has 5 nitrogen and oxygen atoms in total. The van der Waals surface area contributed by atoms with Gasteiger partial charge < -0.3 is 5.32 Å². The van der Waals surface area contributed by atoms with Gasteiger partial charge in [-0.25, -0.2) is 8.42 Å². The van der Waals surface area contributed by atoms with Gasteiger partial charge in [0.15, 0.2) is 0 Å². The first-order valence-corrected chi connectivity index (χ1v) is 7.97. The van der Waals surface area contributed by atoms with E-state index < -0.39 is 10.0 Å². The lowest BCUT2D eigenvalue weighted by molar-refractivity contribution is -0.115. The third-order valence-electron chi connectivity index (χ3n) is 2.80. The summed E-state index contributed by atoms with van der Waals surface area (Å²) in [6.45, 7) is 1.76. The van der Waals surface area contributed by atoms with Crippen molar-refractivity contribution in [2.75, 3.05) is 10.0 Å². The third kappa shape index (κ3) is 4.06. The molecule has 1 amide bonds. The number of nitrogens with one attached hydrogen (secondary N) is 2. The van der Waals surface area contributed by atoms with Crippen LogP contribution in [0.15, 0.2) is 59.5 Å². The fourth-order valence-corrected chi connectivity index (χ4v) is 2.76. The highest BCUT2D eigenvalue weighted by molar-refractivity contribution is 7.92. The van der Waals surface area contributed by atoms with Crippen LogP contribution in [-0.4, -0.2) is 14.3 Å². The first-order valence-electron chi connectivity index (χ1n) is 6.49. The summed E-state index contributed by atoms with van der Waals surface area (Å²) in [4.78, 5) is 11.5. The molecule has 0 aromatic heterocycles. The van der Waals surface area contributed by atoms with Crippen LogP contribution >= 0.6 is 0 Å². The number of hydrogen-bond acceptors (Lipinski definition) is 3. The number of anilines is 2. The number of rotatable bonds is 5. The molecule has 0 atom stereocenters. The number of benzene rings is 2. The second-order valence-corrected chi connectivity index (χ2v) is 6.08. The monoisotopic (exact) mass is 304 g/mol. The van der Waals surface area contributed by atoms with Crippen molar-refractivity contribution in [2.45, 2.75) is 18.2 Å². The van der Waals surface area contributed by atoms with Crippen LogP contribution < -0.4 is 10.0 Å². The Kier molecular flexibility index (Phi) is 4.59. The van der Waals surface area contributed by atoms with Crippen molar-refractivity contribution in [1.29, 1.82) is 0 Å². The van der Waals surface area contributed by atoms with Gasteiger partial charge in [0.05, 0.1) is 4.90 Å². The van der Waals surface area contributed by atoms with E-state index in [0.717, 1.165) is 0 Å². The Morgan fingerprint density at radius 2 is 1.52 bits per heavy atom. The molecule has 0 aliphatic heterocycles. The van der Waals surface area contributed by atoms with Gasteiger partial charge in [0.1, 0.15) is 0 Å². The molecule has 0 unspecified atom stereocenters. The first-order chi connectivity index (χ1) is 10.0. The molecule has 110 valence electrons. The van der Waals surface area contributed by atoms with Crippen LogP contribution in [-0.2, 0) is 14.8 Å². The van der Waals surface area contributed by atoms with Gasteiger partial charge in [-0.1, -0.05) is 25.1 Å². The zero-order valence-electron chi connectivity index (χ0n) is 11.5. The minimum atomic E-state index is -3.59. The Morgan fingerprint density at radius 1 is 0.952 bits per heavy atom. The summed E-state index contributed by atoms with van der Waals surface area (Å²) in [7, 11) is -3.59. The van der Waals surface area contributed by atoms with Crippen molar-refractivity contribution in [3.63, 3.8) is 0 Å². The van der Waals surface area contributed by atoms with Crippen molar-refractivity contribution >= 4 is 27.3 Å². The zero-order chi connectivity index (χ0) is 15.3. The first kappa shape index (κ1) is 15.1. The van der Waals surface area contributed by atoms with Crippen molar-refractivity contribution in [3.05, 3.63) is 54.6 Å². The SMILES string of the molecule is CCC(=O)Nc1ccc(NS(=O)(=O)c2ccccc2)cc1. The summed E-state index contributed by atoms with van der Waals surface area (Å²) < 4.78 is 26.7. The molecule has 0 radical (unpaired) electrons. The predicted octanol–water partition coefficient (Wildman–Crippen LogP) is 2.84. The van der Waals surface area contributed by atoms with E-state index in [1.807, 2.05) is 0 Å². The molecule has 0 spiro atoms. The summed E-state index contributed by atoms with van der Waals surface area (Å²) in [5.74, 6) is -0.0902. The number of amides is 1. The summed E-state index contributed by atoms with van der Waals surface area (Å²) in [5.41, 5.74) is 1.07. The Hall–Kier alpha value is -2.34. The van der Waals surface area contributed by atoms with Gasteiger partial charge in [-0.3, -0.25) is 9.52 Å². The molecule has 6 heteroatoms. The molecular formula is C15H16N2O3S. The van der Waals surface area contributed by atoms with Gasteiger partial charge in [0.2, 0.25) is 5.91 Å². The maximum absolute atomic E-state index is 12.1. The van der Waals surface area contributed by atoms with Gasteiger partial charge in [-0.2, -0.15) is 0 Å². The van der Waals surface area contributed by atoms with Gasteiger partial charge in [-0.05, 0) is 36.4 Å². The van der Waals surface area contributed by atoms with Crippen LogP contribution in [0.3, 0.4) is 0 Å². The Morgan fingerprint density at radius 3 is 2.10 bits per heavy atom. The Bertz CT molecular complexity index is 710. The van der Waals surface area contributed by atoms with Crippen LogP contribution in [0.1, 0.15) is 13.3 Å². The molecule has 21 heavy (non-hydrogen) atoms. The number of hydrogen-bond donors (Lipinski definition) is 2. The molecule has 0 saturated carbocycles. The fourth-order valence-electron chi connectivity index (χ4n) is 1.68. The smallest absolute Gasteiger partial charge is 0.261 e. The molecule has 2 N–H and O–H groups in total. The quantitative estimate of drug-likeness (QED) is 0.892. The van der Waals surface area contributed by atoms with Crippen molar-refractivity contribution < 1.29 is 13.2 Å². The highest BCUT2D eigenvalue weighted by Gasteiger charge is 2.13. The molecule has 0 heterocycles. The molecule has 0 bridgehead atoms. The van der Waals surface area contributed by atoms with Gasteiger partial charge in [0, 0.05) is 17.8 Å². The van der Waals surface area contributed by atoms with Crippen molar-refractivity contribution in [3.8, 4) is 0 Å². The van der Waals surface area contributed by atoms with E-state index >= 15 is 0 Å². The lowest BCUT2D eigenvalue weighted by Crippen LogP contribution is -2.13. The second kappa shape index (κ2) is 6.41. The van der Waals surface area contributed by atoms with Gasteiger partial charge in [-0.15, -0.1) is 0 Å². The summed E-state index contributed by atoms with van der Waals surface area (Å²) in [5, 5.41) is 2.70. The third-order valence-corrected chi connectivity index (χ3v) is 4.19. The molecule has 0 fully saturated rings. The molecular weight excluding hydrogens is 288 g/mol. The average Bonchev–Trinajstić information content (AvgIpc) is 2.50. The maximum atomic E-state index is 12.1. The highest BCUT2D eigenvalue weighted by Crippen LogP contribution is 2.18. The van der Waals surface area contributed by atoms with E-state index in [9.17, 15) is 13.2 Å². The summed E-state index contributed by atoms with van der Waals surface area (Å²) >= 11 is 0.